The number of carbonyl (C=O) groups excluding carboxylic acids is 1. The zero-order chi connectivity index (χ0) is 13.9. The summed E-state index contributed by atoms with van der Waals surface area (Å²) in [5.74, 6) is 3.41. The molecule has 1 amide bonds. The smallest absolute Gasteiger partial charge is 0.245 e. The molecule has 2 unspecified atom stereocenters. The van der Waals surface area contributed by atoms with E-state index in [1.807, 2.05) is 47.0 Å². The second kappa shape index (κ2) is 6.19. The summed E-state index contributed by atoms with van der Waals surface area (Å²) in [6, 6.07) is 9.88. The summed E-state index contributed by atoms with van der Waals surface area (Å²) < 4.78 is 0. The molecule has 3 rings (SSSR count). The van der Waals surface area contributed by atoms with E-state index in [0.29, 0.717) is 5.92 Å². The minimum atomic E-state index is -0.163. The van der Waals surface area contributed by atoms with Crippen molar-refractivity contribution < 1.29 is 4.79 Å². The van der Waals surface area contributed by atoms with Crippen molar-refractivity contribution in [2.24, 2.45) is 5.92 Å². The first-order valence-corrected chi connectivity index (χ1v) is 8.60. The summed E-state index contributed by atoms with van der Waals surface area (Å²) in [6.45, 7) is 3.01. The fourth-order valence-electron chi connectivity index (χ4n) is 3.10. The Balaban J connectivity index is 1.68. The third-order valence-electron chi connectivity index (χ3n) is 4.33. The first kappa shape index (κ1) is 14.0. The third-order valence-corrected chi connectivity index (χ3v) is 5.38. The number of nitrogens with one attached hydrogen (secondary N) is 1. The average molecular weight is 290 g/mol. The van der Waals surface area contributed by atoms with Crippen LogP contribution >= 0.6 is 11.8 Å². The Morgan fingerprint density at radius 3 is 2.65 bits per heavy atom. The van der Waals surface area contributed by atoms with Crippen molar-refractivity contribution >= 4 is 17.7 Å². The number of carbonyl (C=O) groups is 1. The molecule has 1 N–H and O–H groups in total. The van der Waals surface area contributed by atoms with Gasteiger partial charge in [-0.25, -0.2) is 0 Å². The molecule has 4 heteroatoms. The lowest BCUT2D eigenvalue weighted by molar-refractivity contribution is -0.130. The van der Waals surface area contributed by atoms with Crippen LogP contribution in [0.4, 0.5) is 0 Å². The first-order valence-electron chi connectivity index (χ1n) is 7.45. The molecule has 1 aromatic rings. The van der Waals surface area contributed by atoms with Crippen molar-refractivity contribution in [3.05, 3.63) is 35.9 Å². The van der Waals surface area contributed by atoms with Crippen molar-refractivity contribution in [3.8, 4) is 0 Å². The molecular weight excluding hydrogens is 268 g/mol. The maximum atomic E-state index is 12.6. The molecule has 0 saturated carbocycles. The monoisotopic (exact) mass is 290 g/mol. The van der Waals surface area contributed by atoms with Crippen molar-refractivity contribution in [1.29, 1.82) is 0 Å². The average Bonchev–Trinajstić information content (AvgIpc) is 2.77. The molecule has 0 aliphatic carbocycles. The summed E-state index contributed by atoms with van der Waals surface area (Å²) in [5.41, 5.74) is 1.08. The van der Waals surface area contributed by atoms with Crippen LogP contribution in [0.5, 0.6) is 0 Å². The minimum absolute atomic E-state index is 0.141. The topological polar surface area (TPSA) is 32.3 Å². The highest BCUT2D eigenvalue weighted by Crippen LogP contribution is 2.28. The standard InChI is InChI=1S/C16H22N2OS/c1-12-17-15(14-5-3-2-4-6-14)16(19)18(12)11-13-7-9-20-10-8-13/h2-6,12-13,15,17H,7-11H2,1H3. The van der Waals surface area contributed by atoms with Gasteiger partial charge in [-0.3, -0.25) is 10.1 Å². The number of hydrogen-bond donors (Lipinski definition) is 1. The molecule has 2 heterocycles. The number of nitrogens with zero attached hydrogens (tertiary/aromatic N) is 1. The quantitative estimate of drug-likeness (QED) is 0.929. The summed E-state index contributed by atoms with van der Waals surface area (Å²) in [7, 11) is 0. The maximum absolute atomic E-state index is 12.6. The Kier molecular flexibility index (Phi) is 4.32. The van der Waals surface area contributed by atoms with Gasteiger partial charge in [0.2, 0.25) is 5.91 Å². The highest BCUT2D eigenvalue weighted by Gasteiger charge is 2.38. The second-order valence-electron chi connectivity index (χ2n) is 5.73. The van der Waals surface area contributed by atoms with E-state index in [1.165, 1.54) is 24.3 Å². The second-order valence-corrected chi connectivity index (χ2v) is 6.96. The van der Waals surface area contributed by atoms with E-state index in [4.69, 9.17) is 0 Å². The lowest BCUT2D eigenvalue weighted by atomic mass is 10.0. The van der Waals surface area contributed by atoms with Gasteiger partial charge < -0.3 is 4.90 Å². The number of rotatable bonds is 3. The summed E-state index contributed by atoms with van der Waals surface area (Å²) in [6.07, 6.45) is 2.64. The van der Waals surface area contributed by atoms with Gasteiger partial charge in [0.05, 0.1) is 6.17 Å². The van der Waals surface area contributed by atoms with Gasteiger partial charge in [0.15, 0.2) is 0 Å². The van der Waals surface area contributed by atoms with Crippen LogP contribution < -0.4 is 5.32 Å². The minimum Gasteiger partial charge on any atom is -0.325 e. The number of thioether (sulfide) groups is 1. The zero-order valence-electron chi connectivity index (χ0n) is 11.9. The van der Waals surface area contributed by atoms with Crippen molar-refractivity contribution in [2.75, 3.05) is 18.1 Å². The van der Waals surface area contributed by atoms with Gasteiger partial charge in [-0.1, -0.05) is 30.3 Å². The fourth-order valence-corrected chi connectivity index (χ4v) is 4.30. The molecular formula is C16H22N2OS. The summed E-state index contributed by atoms with van der Waals surface area (Å²) >= 11 is 2.04. The number of hydrogen-bond acceptors (Lipinski definition) is 3. The molecule has 2 fully saturated rings. The molecule has 0 radical (unpaired) electrons. The van der Waals surface area contributed by atoms with Crippen LogP contribution in [0.25, 0.3) is 0 Å². The highest BCUT2D eigenvalue weighted by molar-refractivity contribution is 7.99. The normalized spacial score (nSPS) is 28.1. The van der Waals surface area contributed by atoms with E-state index < -0.39 is 0 Å². The Morgan fingerprint density at radius 2 is 1.95 bits per heavy atom. The van der Waals surface area contributed by atoms with Gasteiger partial charge >= 0.3 is 0 Å². The molecule has 1 aromatic carbocycles. The largest absolute Gasteiger partial charge is 0.325 e. The van der Waals surface area contributed by atoms with Crippen LogP contribution in [0.3, 0.4) is 0 Å². The van der Waals surface area contributed by atoms with Crippen LogP contribution in [0.1, 0.15) is 31.4 Å². The Labute approximate surface area is 125 Å². The Morgan fingerprint density at radius 1 is 1.25 bits per heavy atom. The van der Waals surface area contributed by atoms with Crippen LogP contribution in [0.2, 0.25) is 0 Å². The SMILES string of the molecule is CC1NC(c2ccccc2)C(=O)N1CC1CCSCC1. The van der Waals surface area contributed by atoms with Crippen LogP contribution in [-0.4, -0.2) is 35.0 Å². The molecule has 20 heavy (non-hydrogen) atoms. The summed E-state index contributed by atoms with van der Waals surface area (Å²) in [4.78, 5) is 14.7. The predicted molar refractivity (Wildman–Crippen MR) is 83.5 cm³/mol. The molecule has 0 bridgehead atoms. The van der Waals surface area contributed by atoms with Crippen molar-refractivity contribution in [1.82, 2.24) is 10.2 Å². The van der Waals surface area contributed by atoms with E-state index in [9.17, 15) is 4.79 Å². The molecule has 2 aliphatic rings. The highest BCUT2D eigenvalue weighted by atomic mass is 32.2. The van der Waals surface area contributed by atoms with E-state index in [2.05, 4.69) is 12.2 Å². The molecule has 0 spiro atoms. The van der Waals surface area contributed by atoms with Gasteiger partial charge in [0.1, 0.15) is 6.04 Å². The van der Waals surface area contributed by atoms with Gasteiger partial charge in [-0.2, -0.15) is 11.8 Å². The van der Waals surface area contributed by atoms with Gasteiger partial charge in [0.25, 0.3) is 0 Å². The van der Waals surface area contributed by atoms with Gasteiger partial charge in [-0.15, -0.1) is 0 Å². The fraction of sp³-hybridized carbons (Fsp3) is 0.562. The van der Waals surface area contributed by atoms with E-state index in [1.54, 1.807) is 0 Å². The Bertz CT molecular complexity index is 459. The van der Waals surface area contributed by atoms with E-state index in [0.717, 1.165) is 12.1 Å². The van der Waals surface area contributed by atoms with E-state index >= 15 is 0 Å². The molecule has 2 saturated heterocycles. The van der Waals surface area contributed by atoms with Gasteiger partial charge in [0, 0.05) is 6.54 Å². The van der Waals surface area contributed by atoms with Crippen LogP contribution in [0, 0.1) is 5.92 Å². The maximum Gasteiger partial charge on any atom is 0.245 e. The van der Waals surface area contributed by atoms with E-state index in [-0.39, 0.29) is 18.1 Å². The molecule has 0 aromatic heterocycles. The lowest BCUT2D eigenvalue weighted by Crippen LogP contribution is -2.39. The van der Waals surface area contributed by atoms with Crippen molar-refractivity contribution in [3.63, 3.8) is 0 Å². The van der Waals surface area contributed by atoms with Gasteiger partial charge in [-0.05, 0) is 42.8 Å². The summed E-state index contributed by atoms with van der Waals surface area (Å²) in [5, 5.41) is 3.43. The Hall–Kier alpha value is -1.00. The molecule has 108 valence electrons. The number of benzene rings is 1. The molecule has 2 atom stereocenters. The number of amides is 1. The van der Waals surface area contributed by atoms with Crippen LogP contribution in [-0.2, 0) is 4.79 Å². The zero-order valence-corrected chi connectivity index (χ0v) is 12.7. The third kappa shape index (κ3) is 2.86. The predicted octanol–water partition coefficient (Wildman–Crippen LogP) is 2.65. The lowest BCUT2D eigenvalue weighted by Gasteiger charge is -2.29. The molecule has 3 nitrogen and oxygen atoms in total. The van der Waals surface area contributed by atoms with Crippen molar-refractivity contribution in [2.45, 2.75) is 32.0 Å². The molecule has 2 aliphatic heterocycles. The van der Waals surface area contributed by atoms with Crippen LogP contribution in [0.15, 0.2) is 30.3 Å². The first-order chi connectivity index (χ1) is 9.75.